The lowest BCUT2D eigenvalue weighted by Gasteiger charge is -2.58. The lowest BCUT2D eigenvalue weighted by molar-refractivity contribution is 0.562. The molecule has 0 N–H and O–H groups in total. The van der Waals surface area contributed by atoms with E-state index < -0.39 is 18.2 Å². The van der Waals surface area contributed by atoms with Gasteiger partial charge in [0.1, 0.15) is 5.71 Å². The van der Waals surface area contributed by atoms with E-state index in [1.807, 2.05) is 0 Å². The van der Waals surface area contributed by atoms with Crippen LogP contribution in [0.15, 0.2) is 14.3 Å². The van der Waals surface area contributed by atoms with Gasteiger partial charge >= 0.3 is 0 Å². The highest BCUT2D eigenvalue weighted by Crippen LogP contribution is 2.77. The van der Waals surface area contributed by atoms with Crippen molar-refractivity contribution in [2.75, 3.05) is 0 Å². The van der Waals surface area contributed by atoms with Gasteiger partial charge < -0.3 is 0 Å². The van der Waals surface area contributed by atoms with E-state index in [-0.39, 0.29) is 10.7 Å². The van der Waals surface area contributed by atoms with Crippen molar-refractivity contribution < 1.29 is 8.42 Å². The van der Waals surface area contributed by atoms with E-state index in [1.165, 1.54) is 0 Å². The summed E-state index contributed by atoms with van der Waals surface area (Å²) in [5.74, 6) is 0. The number of hydrogen-bond acceptors (Lipinski definition) is 2. The van der Waals surface area contributed by atoms with Crippen molar-refractivity contribution in [3.05, 3.63) is 14.3 Å². The van der Waals surface area contributed by atoms with Gasteiger partial charge in [0.15, 0.2) is 15.3 Å². The van der Waals surface area contributed by atoms with E-state index in [4.69, 9.17) is 0 Å². The van der Waals surface area contributed by atoms with Crippen molar-refractivity contribution in [1.29, 1.82) is 0 Å². The van der Waals surface area contributed by atoms with E-state index in [2.05, 4.69) is 361 Å². The Morgan fingerprint density at radius 1 is 0.548 bits per heavy atom. The van der Waals surface area contributed by atoms with E-state index in [1.54, 1.807) is 0 Å². The fraction of sp³-hybridized carbons (Fsp3) is 0.667. The highest BCUT2D eigenvalue weighted by molar-refractivity contribution is 14.2. The van der Waals surface area contributed by atoms with Crippen LogP contribution in [0.1, 0.15) is 0 Å². The smallest absolute Gasteiger partial charge is 0.193 e. The highest BCUT2D eigenvalue weighted by atomic mass is 127. The summed E-state index contributed by atoms with van der Waals surface area (Å²) in [7, 11) is -3.78. The molecule has 0 fully saturated rings. The first-order chi connectivity index (χ1) is 13.5. The fourth-order valence-corrected chi connectivity index (χ4v) is 36.7. The van der Waals surface area contributed by atoms with Crippen LogP contribution in [0.2, 0.25) is 0 Å². The van der Waals surface area contributed by atoms with Crippen LogP contribution in [-0.4, -0.2) is 27.5 Å². The van der Waals surface area contributed by atoms with E-state index in [0.717, 1.165) is 14.3 Å². The Kier molecular flexibility index (Phi) is 16.2. The average Bonchev–Trinajstić information content (AvgIpc) is 2.66. The summed E-state index contributed by atoms with van der Waals surface area (Å²) in [6, 6.07) is 0. The van der Waals surface area contributed by atoms with Crippen LogP contribution in [0.3, 0.4) is 0 Å². The van der Waals surface area contributed by atoms with Crippen molar-refractivity contribution in [2.45, 2.75) is 19.1 Å². The minimum absolute atomic E-state index is 0.216. The predicted octanol–water partition coefficient (Wildman–Crippen LogP) is 12.7. The molecule has 0 aromatic heterocycles. The van der Waals surface area contributed by atoms with Crippen LogP contribution in [0, 0.1) is 0 Å². The number of alkyl halides is 12. The van der Waals surface area contributed by atoms with Crippen LogP contribution in [-0.2, 0) is 9.84 Å². The van der Waals surface area contributed by atoms with Crippen molar-refractivity contribution in [2.24, 2.45) is 0 Å². The Hall–Kier alpha value is 11.1. The Bertz CT molecular complexity index is 911. The normalized spacial score (nSPS) is 39.6. The zero-order valence-corrected chi connectivity index (χ0v) is 48.8. The van der Waals surface area contributed by atoms with Gasteiger partial charge in [0.25, 0.3) is 0 Å². The van der Waals surface area contributed by atoms with Crippen LogP contribution >= 0.6 is 361 Å². The second kappa shape index (κ2) is 13.1. The summed E-state index contributed by atoms with van der Waals surface area (Å²) < 4.78 is 30.9. The molecule has 0 bridgehead atoms. The monoisotopic (exact) mass is 2240 g/mol. The molecule has 0 spiro atoms. The van der Waals surface area contributed by atoms with Gasteiger partial charge in [0.05, 0.1) is 7.85 Å². The van der Waals surface area contributed by atoms with Crippen molar-refractivity contribution >= 4 is 371 Å². The number of hydrogen-bond donors (Lipinski definition) is 0. The first kappa shape index (κ1) is 38.3. The molecule has 31 heavy (non-hydrogen) atoms. The maximum Gasteiger partial charge on any atom is 0.193 e. The number of allylic oxidation sites excluding steroid dienone is 2. The number of sulfone groups is 1. The second-order valence-corrected chi connectivity index (χ2v) is 41.6. The van der Waals surface area contributed by atoms with Crippen molar-refractivity contribution in [1.82, 2.24) is 0 Å². The van der Waals surface area contributed by atoms with E-state index in [0.29, 0.717) is 0 Å². The number of rotatable bonds is 2. The molecule has 0 radical (unpaired) electrons. The zero-order valence-electron chi connectivity index (χ0n) is 13.4. The molecule has 0 saturated heterocycles. The number of halogens is 16. The minimum Gasteiger partial charge on any atom is -0.225 e. The van der Waals surface area contributed by atoms with E-state index in [9.17, 15) is 0 Å². The molecule has 0 aromatic carbocycles. The van der Waals surface area contributed by atoms with Crippen molar-refractivity contribution in [3.8, 4) is 0 Å². The molecule has 2 rings (SSSR count). The van der Waals surface area contributed by atoms with Gasteiger partial charge in [0, 0.05) is 14.3 Å². The molecule has 0 saturated carbocycles. The Morgan fingerprint density at radius 2 is 0.774 bits per heavy atom. The summed E-state index contributed by atoms with van der Waals surface area (Å²) in [6.07, 6.45) is 0. The molecule has 2 nitrogen and oxygen atoms in total. The molecular weight excluding hydrogens is 2240 g/mol. The first-order valence-corrected chi connectivity index (χ1v) is 26.1. The molecule has 0 amide bonds. The fourth-order valence-electron chi connectivity index (χ4n) is 2.64. The summed E-state index contributed by atoms with van der Waals surface area (Å²) in [6.45, 7) is 0. The van der Waals surface area contributed by atoms with Gasteiger partial charge in [-0.05, 0) is 90.4 Å². The van der Waals surface area contributed by atoms with Gasteiger partial charge in [-0.25, -0.2) is 8.42 Å². The Morgan fingerprint density at radius 3 is 1.00 bits per heavy atom. The lowest BCUT2D eigenvalue weighted by atomic mass is 10.1. The maximum atomic E-state index is 15.2. The molecule has 180 valence electrons. The van der Waals surface area contributed by atoms with Crippen molar-refractivity contribution in [3.63, 3.8) is 0 Å². The largest absolute Gasteiger partial charge is 0.225 e. The summed E-state index contributed by atoms with van der Waals surface area (Å²) in [5.41, 5.74) is 0. The lowest BCUT2D eigenvalue weighted by Crippen LogP contribution is -2.70. The van der Waals surface area contributed by atoms with Crippen LogP contribution in [0.25, 0.3) is 0 Å². The highest BCUT2D eigenvalue weighted by Gasteiger charge is 2.80. The molecular formula is C12H2I16O2S. The average molecular weight is 2240 g/mol. The van der Waals surface area contributed by atoms with Gasteiger partial charge in [-0.1, -0.05) is 271 Å². The van der Waals surface area contributed by atoms with Crippen LogP contribution in [0.5, 0.6) is 0 Å². The van der Waals surface area contributed by atoms with Crippen LogP contribution < -0.4 is 0 Å². The van der Waals surface area contributed by atoms with Gasteiger partial charge in [-0.2, -0.15) is 0 Å². The molecule has 2 aliphatic carbocycles. The Labute approximate surface area is 400 Å². The maximum absolute atomic E-state index is 15.2. The first-order valence-electron chi connectivity index (χ1n) is 6.98. The van der Waals surface area contributed by atoms with Gasteiger partial charge in [0.2, 0.25) is 0 Å². The van der Waals surface area contributed by atoms with E-state index >= 15 is 8.42 Å². The zero-order chi connectivity index (χ0) is 25.0. The minimum atomic E-state index is -3.78. The summed E-state index contributed by atoms with van der Waals surface area (Å²) >= 11 is 38.5. The van der Waals surface area contributed by atoms with Gasteiger partial charge in [-0.15, -0.1) is 0 Å². The summed E-state index contributed by atoms with van der Waals surface area (Å²) in [5, 5.41) is 0. The molecule has 2 aliphatic rings. The Balaban J connectivity index is 3.09. The quantitative estimate of drug-likeness (QED) is 0.204. The predicted molar refractivity (Wildman–Crippen MR) is 271 cm³/mol. The third kappa shape index (κ3) is 5.69. The molecule has 4 atom stereocenters. The standard InChI is InChI=1S/C12H2I16O2S/c13-1-3(15)7(19,20)11(25,26)9(23,5(1)17)31(29,30)10(24)6(18)2(14)4(16)8(21,22)12(10,27)28/h3-4H. The molecule has 4 unspecified atom stereocenters. The second-order valence-electron chi connectivity index (χ2n) is 6.14. The third-order valence-corrected chi connectivity index (χ3v) is 59.6. The SMILES string of the molecule is O=S(=O)(C1(I)C(I)=C(I)C(I)C(I)(I)C1(I)I)C1(I)C(I)=C(I)C(I)C(I)(I)C1(I)I. The molecule has 19 heteroatoms. The summed E-state index contributed by atoms with van der Waals surface area (Å²) in [4.78, 5) is 0. The van der Waals surface area contributed by atoms with Gasteiger partial charge in [-0.3, -0.25) is 0 Å². The van der Waals surface area contributed by atoms with Crippen LogP contribution in [0.4, 0.5) is 0 Å². The topological polar surface area (TPSA) is 34.1 Å². The molecule has 0 aliphatic heterocycles. The molecule has 0 heterocycles. The molecule has 0 aromatic rings. The third-order valence-electron chi connectivity index (χ3n) is 4.45.